The minimum absolute atomic E-state index is 0.0464. The van der Waals surface area contributed by atoms with Crippen molar-refractivity contribution >= 4 is 17.2 Å². The molecule has 4 nitrogen and oxygen atoms in total. The molecule has 0 saturated heterocycles. The van der Waals surface area contributed by atoms with Crippen molar-refractivity contribution in [3.05, 3.63) is 22.4 Å². The summed E-state index contributed by atoms with van der Waals surface area (Å²) in [7, 11) is 1.66. The fraction of sp³-hybridized carbons (Fsp3) is 0.583. The first-order valence-electron chi connectivity index (χ1n) is 5.88. The molecular weight excluding hydrogens is 234 g/mol. The first kappa shape index (κ1) is 14.2. The molecule has 0 spiro atoms. The third-order valence-corrected chi connectivity index (χ3v) is 3.69. The minimum atomic E-state index is 0.0464. The Morgan fingerprint density at radius 3 is 2.88 bits per heavy atom. The largest absolute Gasteiger partial charge is 0.359 e. The van der Waals surface area contributed by atoms with Gasteiger partial charge in [0.25, 0.3) is 0 Å². The quantitative estimate of drug-likeness (QED) is 0.765. The molecule has 1 unspecified atom stereocenters. The van der Waals surface area contributed by atoms with Crippen molar-refractivity contribution in [2.24, 2.45) is 5.73 Å². The molecule has 1 aromatic heterocycles. The van der Waals surface area contributed by atoms with E-state index in [9.17, 15) is 4.79 Å². The maximum Gasteiger partial charge on any atom is 0.221 e. The van der Waals surface area contributed by atoms with Crippen LogP contribution in [0, 0.1) is 0 Å². The lowest BCUT2D eigenvalue weighted by atomic mass is 10.1. The Labute approximate surface area is 107 Å². The molecule has 1 atom stereocenters. The van der Waals surface area contributed by atoms with E-state index in [1.165, 1.54) is 4.88 Å². The van der Waals surface area contributed by atoms with Crippen LogP contribution in [0.2, 0.25) is 0 Å². The zero-order valence-electron chi connectivity index (χ0n) is 10.5. The Hall–Kier alpha value is -0.910. The van der Waals surface area contributed by atoms with Crippen molar-refractivity contribution in [3.63, 3.8) is 0 Å². The van der Waals surface area contributed by atoms with Gasteiger partial charge in [-0.1, -0.05) is 13.0 Å². The highest BCUT2D eigenvalue weighted by Crippen LogP contribution is 2.14. The number of hydrogen-bond donors (Lipinski definition) is 2. The summed E-state index contributed by atoms with van der Waals surface area (Å²) in [5, 5.41) is 4.72. The fourth-order valence-corrected chi connectivity index (χ4v) is 2.51. The molecule has 0 aliphatic rings. The van der Waals surface area contributed by atoms with Gasteiger partial charge in [0.2, 0.25) is 5.91 Å². The number of amides is 1. The second kappa shape index (κ2) is 7.42. The molecule has 1 rings (SSSR count). The normalized spacial score (nSPS) is 12.7. The zero-order chi connectivity index (χ0) is 12.7. The Morgan fingerprint density at radius 2 is 2.41 bits per heavy atom. The minimum Gasteiger partial charge on any atom is -0.359 e. The van der Waals surface area contributed by atoms with Gasteiger partial charge in [0, 0.05) is 37.5 Å². The standard InChI is InChI=1S/C12H21N3OS/c1-3-15(9-11-5-4-6-17-11)10(8-13)7-12(16)14-2/h4-6,10H,3,7-9,13H2,1-2H3,(H,14,16). The molecule has 0 aliphatic carbocycles. The lowest BCUT2D eigenvalue weighted by molar-refractivity contribution is -0.121. The van der Waals surface area contributed by atoms with Crippen LogP contribution in [0.5, 0.6) is 0 Å². The first-order valence-corrected chi connectivity index (χ1v) is 6.76. The molecule has 1 aromatic rings. The Bertz CT molecular complexity index is 327. The number of nitrogens with two attached hydrogens (primary N) is 1. The predicted molar refractivity (Wildman–Crippen MR) is 71.9 cm³/mol. The van der Waals surface area contributed by atoms with E-state index >= 15 is 0 Å². The van der Waals surface area contributed by atoms with Crippen LogP contribution in [-0.4, -0.2) is 37.0 Å². The van der Waals surface area contributed by atoms with Crippen molar-refractivity contribution in [3.8, 4) is 0 Å². The average Bonchev–Trinajstić information content (AvgIpc) is 2.85. The highest BCUT2D eigenvalue weighted by atomic mass is 32.1. The summed E-state index contributed by atoms with van der Waals surface area (Å²) in [6, 6.07) is 4.27. The number of carbonyl (C=O) groups excluding carboxylic acids is 1. The third-order valence-electron chi connectivity index (χ3n) is 2.83. The maximum atomic E-state index is 11.4. The molecule has 1 amide bonds. The van der Waals surface area contributed by atoms with Crippen LogP contribution in [0.1, 0.15) is 18.2 Å². The molecule has 3 N–H and O–H groups in total. The summed E-state index contributed by atoms with van der Waals surface area (Å²) in [6.45, 7) is 4.37. The number of carbonyl (C=O) groups is 1. The number of nitrogens with one attached hydrogen (secondary N) is 1. The van der Waals surface area contributed by atoms with Gasteiger partial charge >= 0.3 is 0 Å². The van der Waals surface area contributed by atoms with Gasteiger partial charge in [-0.15, -0.1) is 11.3 Å². The molecule has 5 heteroatoms. The van der Waals surface area contributed by atoms with Crippen molar-refractivity contribution < 1.29 is 4.79 Å². The van der Waals surface area contributed by atoms with E-state index in [0.717, 1.165) is 13.1 Å². The van der Waals surface area contributed by atoms with Crippen LogP contribution >= 0.6 is 11.3 Å². The lowest BCUT2D eigenvalue weighted by Gasteiger charge is -2.28. The Kier molecular flexibility index (Phi) is 6.18. The van der Waals surface area contributed by atoms with E-state index in [1.807, 2.05) is 6.07 Å². The second-order valence-corrected chi connectivity index (χ2v) is 4.94. The summed E-state index contributed by atoms with van der Waals surface area (Å²) in [5.74, 6) is 0.0464. The molecular formula is C12H21N3OS. The summed E-state index contributed by atoms with van der Waals surface area (Å²) in [5.41, 5.74) is 5.76. The van der Waals surface area contributed by atoms with Crippen LogP contribution in [0.4, 0.5) is 0 Å². The van der Waals surface area contributed by atoms with E-state index < -0.39 is 0 Å². The van der Waals surface area contributed by atoms with Crippen molar-refractivity contribution in [1.29, 1.82) is 0 Å². The maximum absolute atomic E-state index is 11.4. The van der Waals surface area contributed by atoms with Gasteiger partial charge in [0.05, 0.1) is 0 Å². The highest BCUT2D eigenvalue weighted by molar-refractivity contribution is 7.09. The monoisotopic (exact) mass is 255 g/mol. The van der Waals surface area contributed by atoms with Gasteiger partial charge in [-0.25, -0.2) is 0 Å². The van der Waals surface area contributed by atoms with E-state index in [4.69, 9.17) is 5.73 Å². The van der Waals surface area contributed by atoms with Gasteiger partial charge in [-0.3, -0.25) is 9.69 Å². The second-order valence-electron chi connectivity index (χ2n) is 3.91. The molecule has 0 bridgehead atoms. The average molecular weight is 255 g/mol. The van der Waals surface area contributed by atoms with Gasteiger partial charge in [-0.2, -0.15) is 0 Å². The van der Waals surface area contributed by atoms with Crippen LogP contribution in [0.3, 0.4) is 0 Å². The van der Waals surface area contributed by atoms with Crippen LogP contribution in [-0.2, 0) is 11.3 Å². The molecule has 0 fully saturated rings. The Balaban J connectivity index is 2.59. The first-order chi connectivity index (χ1) is 8.21. The summed E-state index contributed by atoms with van der Waals surface area (Å²) in [6.07, 6.45) is 0.464. The molecule has 96 valence electrons. The number of rotatable bonds is 7. The van der Waals surface area contributed by atoms with E-state index in [0.29, 0.717) is 13.0 Å². The molecule has 1 heterocycles. The van der Waals surface area contributed by atoms with Gasteiger partial charge in [0.15, 0.2) is 0 Å². The number of nitrogens with zero attached hydrogens (tertiary/aromatic N) is 1. The van der Waals surface area contributed by atoms with E-state index in [2.05, 4.69) is 28.6 Å². The lowest BCUT2D eigenvalue weighted by Crippen LogP contribution is -2.43. The van der Waals surface area contributed by atoms with Crippen molar-refractivity contribution in [2.45, 2.75) is 25.9 Å². The zero-order valence-corrected chi connectivity index (χ0v) is 11.3. The van der Waals surface area contributed by atoms with Gasteiger partial charge in [0.1, 0.15) is 0 Å². The topological polar surface area (TPSA) is 58.4 Å². The van der Waals surface area contributed by atoms with Crippen LogP contribution in [0.25, 0.3) is 0 Å². The van der Waals surface area contributed by atoms with Gasteiger partial charge < -0.3 is 11.1 Å². The molecule has 0 aromatic carbocycles. The fourth-order valence-electron chi connectivity index (χ4n) is 1.78. The van der Waals surface area contributed by atoms with Crippen molar-refractivity contribution in [2.75, 3.05) is 20.1 Å². The SMILES string of the molecule is CCN(Cc1cccs1)C(CN)CC(=O)NC. The van der Waals surface area contributed by atoms with E-state index in [-0.39, 0.29) is 11.9 Å². The third kappa shape index (κ3) is 4.46. The molecule has 17 heavy (non-hydrogen) atoms. The van der Waals surface area contributed by atoms with Crippen LogP contribution < -0.4 is 11.1 Å². The summed E-state index contributed by atoms with van der Waals surface area (Å²) < 4.78 is 0. The van der Waals surface area contributed by atoms with Crippen molar-refractivity contribution in [1.82, 2.24) is 10.2 Å². The smallest absolute Gasteiger partial charge is 0.221 e. The van der Waals surface area contributed by atoms with E-state index in [1.54, 1.807) is 18.4 Å². The molecule has 0 saturated carbocycles. The van der Waals surface area contributed by atoms with Gasteiger partial charge in [-0.05, 0) is 18.0 Å². The number of likely N-dealkylation sites (N-methyl/N-ethyl adjacent to an activating group) is 1. The number of thiophene rings is 1. The Morgan fingerprint density at radius 1 is 1.65 bits per heavy atom. The summed E-state index contributed by atoms with van der Waals surface area (Å²) >= 11 is 1.74. The predicted octanol–water partition coefficient (Wildman–Crippen LogP) is 1.03. The highest BCUT2D eigenvalue weighted by Gasteiger charge is 2.18. The molecule has 0 aliphatic heterocycles. The summed E-state index contributed by atoms with van der Waals surface area (Å²) in [4.78, 5) is 15.0. The molecule has 0 radical (unpaired) electrons. The van der Waals surface area contributed by atoms with Crippen LogP contribution in [0.15, 0.2) is 17.5 Å². The number of hydrogen-bond acceptors (Lipinski definition) is 4.